The Morgan fingerprint density at radius 3 is 2.03 bits per heavy atom. The summed E-state index contributed by atoms with van der Waals surface area (Å²) in [5.41, 5.74) is -0.711. The molecule has 0 aliphatic carbocycles. The molecule has 3 amide bonds. The predicted octanol–water partition coefficient (Wildman–Crippen LogP) is 2.07. The number of guanidine groups is 1. The zero-order chi connectivity index (χ0) is 22.3. The van der Waals surface area contributed by atoms with Crippen molar-refractivity contribution < 1.29 is 34.1 Å². The maximum Gasteiger partial charge on any atom is 0.414 e. The minimum Gasteiger partial charge on any atom is -0.481 e. The lowest BCUT2D eigenvalue weighted by atomic mass is 10.1. The van der Waals surface area contributed by atoms with Crippen molar-refractivity contribution in [3.63, 3.8) is 0 Å². The molecule has 0 aromatic heterocycles. The first-order valence-electron chi connectivity index (χ1n) is 9.52. The van der Waals surface area contributed by atoms with Crippen molar-refractivity contribution >= 4 is 30.0 Å². The van der Waals surface area contributed by atoms with Gasteiger partial charge < -0.3 is 20.3 Å². The first-order chi connectivity index (χ1) is 13.5. The maximum atomic E-state index is 11.7. The van der Waals surface area contributed by atoms with Crippen molar-refractivity contribution in [3.8, 4) is 0 Å². The number of alkyl carbamates (subject to hydrolysis) is 1. The van der Waals surface area contributed by atoms with Crippen LogP contribution in [0, 0.1) is 0 Å². The zero-order valence-electron chi connectivity index (χ0n) is 17.2. The van der Waals surface area contributed by atoms with E-state index in [2.05, 4.69) is 15.6 Å². The number of aliphatic carboxylic acids is 1. The van der Waals surface area contributed by atoms with Crippen molar-refractivity contribution in [2.24, 2.45) is 4.99 Å². The Kier molecular flexibility index (Phi) is 12.8. The van der Waals surface area contributed by atoms with E-state index in [1.807, 2.05) is 5.32 Å². The molecule has 11 heteroatoms. The quantitative estimate of drug-likeness (QED) is 0.149. The Morgan fingerprint density at radius 1 is 0.897 bits per heavy atom. The summed E-state index contributed by atoms with van der Waals surface area (Å²) in [5, 5.41) is 24.1. The average molecular weight is 416 g/mol. The standard InChI is InChI=1S/C18H32N4O7/c1-18(2,3)29-17(28)22-15(21-16(26)27)20-11-9-7-5-4-6-8-10-19-13(23)12-14(24)25/h4-12H2,1-3H3,(H,19,23)(H,24,25)(H,26,27)(H2,20,21,22,28). The molecule has 0 unspecified atom stereocenters. The van der Waals surface area contributed by atoms with Crippen LogP contribution < -0.4 is 16.0 Å². The number of carboxylic acids is 1. The minimum atomic E-state index is -1.34. The Hall–Kier alpha value is -2.85. The van der Waals surface area contributed by atoms with Crippen LogP contribution in [0.3, 0.4) is 0 Å². The number of carbonyl (C=O) groups is 4. The molecule has 0 bridgehead atoms. The van der Waals surface area contributed by atoms with Gasteiger partial charge in [-0.1, -0.05) is 25.7 Å². The Balaban J connectivity index is 3.96. The largest absolute Gasteiger partial charge is 0.481 e. The third-order valence-electron chi connectivity index (χ3n) is 3.33. The number of amides is 3. The van der Waals surface area contributed by atoms with Crippen LogP contribution in [0.25, 0.3) is 0 Å². The summed E-state index contributed by atoms with van der Waals surface area (Å²) in [7, 11) is 0. The molecule has 0 spiro atoms. The van der Waals surface area contributed by atoms with Crippen molar-refractivity contribution in [2.75, 3.05) is 13.1 Å². The molecule has 0 aromatic rings. The van der Waals surface area contributed by atoms with Gasteiger partial charge in [0.25, 0.3) is 0 Å². The highest BCUT2D eigenvalue weighted by Gasteiger charge is 2.18. The lowest BCUT2D eigenvalue weighted by Gasteiger charge is -2.20. The zero-order valence-corrected chi connectivity index (χ0v) is 17.2. The molecule has 0 rings (SSSR count). The van der Waals surface area contributed by atoms with E-state index in [0.717, 1.165) is 38.5 Å². The van der Waals surface area contributed by atoms with Gasteiger partial charge in [-0.2, -0.15) is 0 Å². The fraction of sp³-hybridized carbons (Fsp3) is 0.722. The molecule has 0 radical (unpaired) electrons. The van der Waals surface area contributed by atoms with E-state index in [1.165, 1.54) is 0 Å². The number of nitrogens with one attached hydrogen (secondary N) is 3. The molecule has 29 heavy (non-hydrogen) atoms. The number of rotatable bonds is 11. The van der Waals surface area contributed by atoms with Gasteiger partial charge in [0.1, 0.15) is 12.0 Å². The SMILES string of the molecule is CC(C)(C)OC(=O)NC(=NCCCCCCCCNC(=O)CC(=O)O)NC(=O)O. The fourth-order valence-corrected chi connectivity index (χ4v) is 2.17. The van der Waals surface area contributed by atoms with Crippen LogP contribution in [-0.2, 0) is 14.3 Å². The van der Waals surface area contributed by atoms with E-state index in [-0.39, 0.29) is 5.96 Å². The van der Waals surface area contributed by atoms with E-state index in [1.54, 1.807) is 20.8 Å². The van der Waals surface area contributed by atoms with Crippen LogP contribution in [0.4, 0.5) is 9.59 Å². The van der Waals surface area contributed by atoms with Crippen LogP contribution in [0.15, 0.2) is 4.99 Å². The molecule has 0 heterocycles. The van der Waals surface area contributed by atoms with Gasteiger partial charge in [-0.3, -0.25) is 25.2 Å². The normalized spacial score (nSPS) is 11.5. The number of hydrogen-bond acceptors (Lipinski definition) is 6. The topological polar surface area (TPSA) is 166 Å². The molecule has 166 valence electrons. The number of carbonyl (C=O) groups excluding carboxylic acids is 2. The molecule has 0 fully saturated rings. The van der Waals surface area contributed by atoms with E-state index in [0.29, 0.717) is 13.1 Å². The van der Waals surface area contributed by atoms with Gasteiger partial charge in [-0.15, -0.1) is 0 Å². The van der Waals surface area contributed by atoms with Crippen LogP contribution >= 0.6 is 0 Å². The molecule has 0 aliphatic heterocycles. The molecule has 11 nitrogen and oxygen atoms in total. The van der Waals surface area contributed by atoms with E-state index >= 15 is 0 Å². The van der Waals surface area contributed by atoms with Crippen LogP contribution in [0.1, 0.15) is 65.7 Å². The van der Waals surface area contributed by atoms with Crippen molar-refractivity contribution in [2.45, 2.75) is 71.3 Å². The molecular weight excluding hydrogens is 384 g/mol. The fourth-order valence-electron chi connectivity index (χ4n) is 2.17. The van der Waals surface area contributed by atoms with E-state index in [4.69, 9.17) is 14.9 Å². The number of carboxylic acid groups (broad SMARTS) is 2. The highest BCUT2D eigenvalue weighted by Crippen LogP contribution is 2.07. The van der Waals surface area contributed by atoms with Crippen molar-refractivity contribution in [3.05, 3.63) is 0 Å². The molecule has 5 N–H and O–H groups in total. The lowest BCUT2D eigenvalue weighted by Crippen LogP contribution is -2.45. The molecule has 0 saturated heterocycles. The first-order valence-corrected chi connectivity index (χ1v) is 9.52. The Morgan fingerprint density at radius 2 is 1.48 bits per heavy atom. The van der Waals surface area contributed by atoms with Gasteiger partial charge >= 0.3 is 18.2 Å². The number of unbranched alkanes of at least 4 members (excludes halogenated alkanes) is 5. The molecule has 0 aromatic carbocycles. The second kappa shape index (κ2) is 14.2. The summed E-state index contributed by atoms with van der Waals surface area (Å²) in [4.78, 5) is 48.0. The number of aliphatic imine (C=N–C) groups is 1. The summed E-state index contributed by atoms with van der Waals surface area (Å²) in [6.45, 7) is 5.88. The van der Waals surface area contributed by atoms with Crippen LogP contribution in [-0.4, -0.2) is 58.9 Å². The second-order valence-electron chi connectivity index (χ2n) is 7.33. The van der Waals surface area contributed by atoms with Gasteiger partial charge in [0.05, 0.1) is 0 Å². The summed E-state index contributed by atoms with van der Waals surface area (Å²) in [5.74, 6) is -1.81. The minimum absolute atomic E-state index is 0.177. The Labute approximate surface area is 170 Å². The first kappa shape index (κ1) is 26.1. The highest BCUT2D eigenvalue weighted by atomic mass is 16.6. The van der Waals surface area contributed by atoms with Crippen LogP contribution in [0.2, 0.25) is 0 Å². The van der Waals surface area contributed by atoms with Gasteiger partial charge in [-0.05, 0) is 33.6 Å². The van der Waals surface area contributed by atoms with Gasteiger partial charge in [0.2, 0.25) is 11.9 Å². The molecule has 0 atom stereocenters. The number of hydrogen-bond donors (Lipinski definition) is 5. The number of ether oxygens (including phenoxy) is 1. The Bertz CT molecular complexity index is 585. The summed E-state index contributed by atoms with van der Waals surface area (Å²) < 4.78 is 5.06. The van der Waals surface area contributed by atoms with Crippen molar-refractivity contribution in [1.82, 2.24) is 16.0 Å². The molecule has 0 saturated carbocycles. The summed E-state index contributed by atoms with van der Waals surface area (Å²) in [6.07, 6.45) is 2.53. The molecule has 0 aliphatic rings. The molecular formula is C18H32N4O7. The third-order valence-corrected chi connectivity index (χ3v) is 3.33. The van der Waals surface area contributed by atoms with E-state index in [9.17, 15) is 19.2 Å². The predicted molar refractivity (Wildman–Crippen MR) is 106 cm³/mol. The third kappa shape index (κ3) is 18.3. The van der Waals surface area contributed by atoms with Gasteiger partial charge in [0, 0.05) is 13.1 Å². The van der Waals surface area contributed by atoms with Crippen LogP contribution in [0.5, 0.6) is 0 Å². The maximum absolute atomic E-state index is 11.7. The summed E-state index contributed by atoms with van der Waals surface area (Å²) in [6, 6.07) is 0. The summed E-state index contributed by atoms with van der Waals surface area (Å²) >= 11 is 0. The van der Waals surface area contributed by atoms with Gasteiger partial charge in [0.15, 0.2) is 0 Å². The van der Waals surface area contributed by atoms with Crippen molar-refractivity contribution in [1.29, 1.82) is 0 Å². The lowest BCUT2D eigenvalue weighted by molar-refractivity contribution is -0.140. The monoisotopic (exact) mass is 416 g/mol. The number of nitrogens with zero attached hydrogens (tertiary/aromatic N) is 1. The smallest absolute Gasteiger partial charge is 0.414 e. The van der Waals surface area contributed by atoms with Gasteiger partial charge in [-0.25, -0.2) is 9.59 Å². The average Bonchev–Trinajstić information content (AvgIpc) is 2.53. The second-order valence-corrected chi connectivity index (χ2v) is 7.33. The van der Waals surface area contributed by atoms with E-state index < -0.39 is 36.1 Å². The highest BCUT2D eigenvalue weighted by molar-refractivity contribution is 6.00.